The largest absolute Gasteiger partial charge is 0.465 e. The number of aromatic nitrogens is 2. The van der Waals surface area contributed by atoms with Gasteiger partial charge < -0.3 is 14.5 Å². The summed E-state index contributed by atoms with van der Waals surface area (Å²) in [6, 6.07) is 14.2. The van der Waals surface area contributed by atoms with E-state index >= 15 is 0 Å². The smallest absolute Gasteiger partial charge is 0.337 e. The highest BCUT2D eigenvalue weighted by Gasteiger charge is 2.12. The van der Waals surface area contributed by atoms with Crippen molar-refractivity contribution in [2.75, 3.05) is 18.2 Å². The Balaban J connectivity index is 1.53. The Hall–Kier alpha value is -3.13. The van der Waals surface area contributed by atoms with E-state index in [2.05, 4.69) is 20.3 Å². The van der Waals surface area contributed by atoms with E-state index in [-0.39, 0.29) is 11.7 Å². The summed E-state index contributed by atoms with van der Waals surface area (Å²) in [7, 11) is 1.32. The molecule has 27 heavy (non-hydrogen) atoms. The maximum Gasteiger partial charge on any atom is 0.337 e. The van der Waals surface area contributed by atoms with Crippen molar-refractivity contribution in [1.82, 2.24) is 10.2 Å². The van der Waals surface area contributed by atoms with Gasteiger partial charge in [-0.25, -0.2) is 4.79 Å². The van der Waals surface area contributed by atoms with Gasteiger partial charge in [0.05, 0.1) is 18.4 Å². The van der Waals surface area contributed by atoms with Crippen LogP contribution in [0.25, 0.3) is 11.5 Å². The Kier molecular flexibility index (Phi) is 5.87. The zero-order valence-corrected chi connectivity index (χ0v) is 15.6. The number of aryl methyl sites for hydroxylation is 1. The van der Waals surface area contributed by atoms with Gasteiger partial charge in [-0.3, -0.25) is 4.79 Å². The molecule has 0 spiro atoms. The van der Waals surface area contributed by atoms with Crippen molar-refractivity contribution in [1.29, 1.82) is 0 Å². The standard InChI is InChI=1S/C19H17N3O4S/c1-12-3-5-13(6-4-12)17-21-22-19(26-17)27-11-16(23)20-15-9-7-14(8-10-15)18(24)25-2/h3-10H,11H2,1-2H3,(H,20,23). The molecule has 0 fully saturated rings. The molecule has 0 unspecified atom stereocenters. The van der Waals surface area contributed by atoms with Crippen LogP contribution in [0.5, 0.6) is 0 Å². The molecule has 0 aliphatic heterocycles. The summed E-state index contributed by atoms with van der Waals surface area (Å²) >= 11 is 1.15. The molecule has 1 heterocycles. The minimum absolute atomic E-state index is 0.119. The number of nitrogens with one attached hydrogen (secondary N) is 1. The predicted octanol–water partition coefficient (Wildman–Crippen LogP) is 3.56. The normalized spacial score (nSPS) is 10.4. The van der Waals surface area contributed by atoms with Crippen molar-refractivity contribution < 1.29 is 18.7 Å². The van der Waals surface area contributed by atoms with Crippen molar-refractivity contribution in [3.63, 3.8) is 0 Å². The third-order valence-corrected chi connectivity index (χ3v) is 4.44. The summed E-state index contributed by atoms with van der Waals surface area (Å²) < 4.78 is 10.2. The Bertz CT molecular complexity index is 936. The van der Waals surface area contributed by atoms with Gasteiger partial charge in [0.15, 0.2) is 0 Å². The quantitative estimate of drug-likeness (QED) is 0.514. The molecule has 8 heteroatoms. The van der Waals surface area contributed by atoms with Gasteiger partial charge in [0.1, 0.15) is 0 Å². The molecule has 0 aliphatic rings. The monoisotopic (exact) mass is 383 g/mol. The topological polar surface area (TPSA) is 94.3 Å². The molecule has 0 aliphatic carbocycles. The van der Waals surface area contributed by atoms with Gasteiger partial charge in [0.2, 0.25) is 11.8 Å². The highest BCUT2D eigenvalue weighted by Crippen LogP contribution is 2.23. The maximum absolute atomic E-state index is 12.1. The van der Waals surface area contributed by atoms with E-state index in [1.54, 1.807) is 24.3 Å². The summed E-state index contributed by atoms with van der Waals surface area (Å²) in [6.45, 7) is 2.00. The van der Waals surface area contributed by atoms with Crippen molar-refractivity contribution in [2.24, 2.45) is 0 Å². The number of carbonyl (C=O) groups is 2. The van der Waals surface area contributed by atoms with Gasteiger partial charge in [-0.2, -0.15) is 0 Å². The van der Waals surface area contributed by atoms with Crippen LogP contribution in [0.4, 0.5) is 5.69 Å². The first-order valence-electron chi connectivity index (χ1n) is 8.07. The predicted molar refractivity (Wildman–Crippen MR) is 102 cm³/mol. The molecular weight excluding hydrogens is 366 g/mol. The number of anilines is 1. The number of thioether (sulfide) groups is 1. The third kappa shape index (κ3) is 4.95. The van der Waals surface area contributed by atoms with Crippen molar-refractivity contribution >= 4 is 29.3 Å². The summed E-state index contributed by atoms with van der Waals surface area (Å²) in [4.78, 5) is 23.5. The first-order chi connectivity index (χ1) is 13.0. The van der Waals surface area contributed by atoms with Gasteiger partial charge >= 0.3 is 5.97 Å². The van der Waals surface area contributed by atoms with Crippen LogP contribution < -0.4 is 5.32 Å². The molecule has 0 bridgehead atoms. The lowest BCUT2D eigenvalue weighted by Gasteiger charge is -2.05. The van der Waals surface area contributed by atoms with E-state index in [0.717, 1.165) is 22.9 Å². The van der Waals surface area contributed by atoms with Crippen molar-refractivity contribution in [2.45, 2.75) is 12.1 Å². The summed E-state index contributed by atoms with van der Waals surface area (Å²) in [5.41, 5.74) is 2.97. The number of methoxy groups -OCH3 is 1. The van der Waals surface area contributed by atoms with Crippen molar-refractivity contribution in [3.05, 3.63) is 59.7 Å². The molecule has 138 valence electrons. The Labute approximate surface area is 160 Å². The highest BCUT2D eigenvalue weighted by molar-refractivity contribution is 7.99. The lowest BCUT2D eigenvalue weighted by Crippen LogP contribution is -2.14. The Morgan fingerprint density at radius 1 is 1.07 bits per heavy atom. The minimum atomic E-state index is -0.427. The van der Waals surface area contributed by atoms with Gasteiger partial charge in [-0.05, 0) is 43.3 Å². The number of benzene rings is 2. The number of hydrogen-bond acceptors (Lipinski definition) is 7. The molecule has 0 radical (unpaired) electrons. The van der Waals surface area contributed by atoms with Crippen molar-refractivity contribution in [3.8, 4) is 11.5 Å². The number of ether oxygens (including phenoxy) is 1. The van der Waals surface area contributed by atoms with E-state index in [1.807, 2.05) is 31.2 Å². The molecule has 2 aromatic carbocycles. The summed E-state index contributed by atoms with van der Waals surface area (Å²) in [5, 5.41) is 11.0. The number of rotatable bonds is 6. The molecule has 3 aromatic rings. The van der Waals surface area contributed by atoms with E-state index in [1.165, 1.54) is 7.11 Å². The average molecular weight is 383 g/mol. The molecule has 1 aromatic heterocycles. The molecule has 3 rings (SSSR count). The zero-order chi connectivity index (χ0) is 19.2. The molecule has 0 saturated carbocycles. The molecule has 7 nitrogen and oxygen atoms in total. The molecule has 0 saturated heterocycles. The summed E-state index contributed by atoms with van der Waals surface area (Å²) in [5.74, 6) is -0.115. The fraction of sp³-hybridized carbons (Fsp3) is 0.158. The van der Waals surface area contributed by atoms with Gasteiger partial charge in [-0.1, -0.05) is 29.5 Å². The average Bonchev–Trinajstić information content (AvgIpc) is 3.16. The minimum Gasteiger partial charge on any atom is -0.465 e. The second-order valence-electron chi connectivity index (χ2n) is 5.64. The SMILES string of the molecule is COC(=O)c1ccc(NC(=O)CSc2nnc(-c3ccc(C)cc3)o2)cc1. The first kappa shape index (κ1) is 18.7. The third-order valence-electron chi connectivity index (χ3n) is 3.62. The van der Waals surface area contributed by atoms with E-state index in [0.29, 0.717) is 22.4 Å². The van der Waals surface area contributed by atoms with Crippen LogP contribution in [0, 0.1) is 6.92 Å². The molecule has 1 amide bonds. The van der Waals surface area contributed by atoms with Crippen LogP contribution in [0.3, 0.4) is 0 Å². The van der Waals surface area contributed by atoms with Crippen LogP contribution >= 0.6 is 11.8 Å². The number of amides is 1. The van der Waals surface area contributed by atoms with E-state index in [9.17, 15) is 9.59 Å². The van der Waals surface area contributed by atoms with Gasteiger partial charge in [0, 0.05) is 11.3 Å². The van der Waals surface area contributed by atoms with E-state index in [4.69, 9.17) is 4.42 Å². The Morgan fingerprint density at radius 3 is 2.44 bits per heavy atom. The van der Waals surface area contributed by atoms with Crippen LogP contribution in [-0.2, 0) is 9.53 Å². The zero-order valence-electron chi connectivity index (χ0n) is 14.8. The number of carbonyl (C=O) groups excluding carboxylic acids is 2. The fourth-order valence-electron chi connectivity index (χ4n) is 2.21. The summed E-state index contributed by atoms with van der Waals surface area (Å²) in [6.07, 6.45) is 0. The second-order valence-corrected chi connectivity index (χ2v) is 6.57. The van der Waals surface area contributed by atoms with Crippen LogP contribution in [-0.4, -0.2) is 34.9 Å². The number of esters is 1. The second kappa shape index (κ2) is 8.50. The maximum atomic E-state index is 12.1. The Morgan fingerprint density at radius 2 is 1.78 bits per heavy atom. The van der Waals surface area contributed by atoms with Gasteiger partial charge in [0.25, 0.3) is 5.22 Å². The van der Waals surface area contributed by atoms with Crippen LogP contribution in [0.1, 0.15) is 15.9 Å². The lowest BCUT2D eigenvalue weighted by molar-refractivity contribution is -0.113. The first-order valence-corrected chi connectivity index (χ1v) is 9.05. The lowest BCUT2D eigenvalue weighted by atomic mass is 10.1. The number of hydrogen-bond donors (Lipinski definition) is 1. The fourth-order valence-corrected chi connectivity index (χ4v) is 2.78. The molecule has 0 atom stereocenters. The molecule has 1 N–H and O–H groups in total. The van der Waals surface area contributed by atoms with Gasteiger partial charge in [-0.15, -0.1) is 10.2 Å². The number of nitrogens with zero attached hydrogens (tertiary/aromatic N) is 2. The molecular formula is C19H17N3O4S. The van der Waals surface area contributed by atoms with Crippen LogP contribution in [0.2, 0.25) is 0 Å². The highest BCUT2D eigenvalue weighted by atomic mass is 32.2. The van der Waals surface area contributed by atoms with Crippen LogP contribution in [0.15, 0.2) is 58.2 Å². The van der Waals surface area contributed by atoms with E-state index < -0.39 is 5.97 Å².